The summed E-state index contributed by atoms with van der Waals surface area (Å²) in [5, 5.41) is 3.36. The maximum atomic E-state index is 14.2. The van der Waals surface area contributed by atoms with Crippen LogP contribution in [-0.4, -0.2) is 31.1 Å². The summed E-state index contributed by atoms with van der Waals surface area (Å²) in [6.07, 6.45) is 2.46. The van der Waals surface area contributed by atoms with Gasteiger partial charge in [-0.3, -0.25) is 4.90 Å². The van der Waals surface area contributed by atoms with Gasteiger partial charge in [-0.05, 0) is 30.9 Å². The lowest BCUT2D eigenvalue weighted by Gasteiger charge is -2.36. The second kappa shape index (κ2) is 5.27. The van der Waals surface area contributed by atoms with Crippen molar-refractivity contribution in [3.63, 3.8) is 0 Å². The van der Waals surface area contributed by atoms with Crippen LogP contribution in [0.25, 0.3) is 0 Å². The molecule has 1 aliphatic heterocycles. The average molecular weight is 313 g/mol. The lowest BCUT2D eigenvalue weighted by Crippen LogP contribution is -2.46. The molecule has 0 radical (unpaired) electrons. The Balaban J connectivity index is 1.93. The number of nitrogens with one attached hydrogen (secondary N) is 1. The Morgan fingerprint density at radius 2 is 2.00 bits per heavy atom. The first-order valence-corrected chi connectivity index (χ1v) is 7.45. The van der Waals surface area contributed by atoms with Gasteiger partial charge < -0.3 is 5.32 Å². The van der Waals surface area contributed by atoms with E-state index in [0.717, 1.165) is 36.2 Å². The predicted octanol–water partition coefficient (Wildman–Crippen LogP) is 2.94. The first-order valence-electron chi connectivity index (χ1n) is 6.66. The maximum Gasteiger partial charge on any atom is 0.129 e. The van der Waals surface area contributed by atoms with Crippen LogP contribution in [0.4, 0.5) is 4.39 Å². The van der Waals surface area contributed by atoms with Crippen LogP contribution in [0.5, 0.6) is 0 Å². The van der Waals surface area contributed by atoms with Gasteiger partial charge in [0.25, 0.3) is 0 Å². The fourth-order valence-electron chi connectivity index (χ4n) is 2.88. The van der Waals surface area contributed by atoms with Gasteiger partial charge in [-0.25, -0.2) is 4.39 Å². The molecule has 1 atom stereocenters. The van der Waals surface area contributed by atoms with Crippen molar-refractivity contribution >= 4 is 15.9 Å². The van der Waals surface area contributed by atoms with Gasteiger partial charge >= 0.3 is 0 Å². The second-order valence-electron chi connectivity index (χ2n) is 5.20. The van der Waals surface area contributed by atoms with Crippen molar-refractivity contribution in [1.29, 1.82) is 0 Å². The summed E-state index contributed by atoms with van der Waals surface area (Å²) in [5.41, 5.74) is 0.863. The highest BCUT2D eigenvalue weighted by Crippen LogP contribution is 2.47. The van der Waals surface area contributed by atoms with Gasteiger partial charge in [-0.1, -0.05) is 22.0 Å². The highest BCUT2D eigenvalue weighted by atomic mass is 79.9. The number of piperazine rings is 1. The molecule has 0 bridgehead atoms. The van der Waals surface area contributed by atoms with Crippen molar-refractivity contribution in [2.75, 3.05) is 26.2 Å². The van der Waals surface area contributed by atoms with E-state index in [4.69, 9.17) is 0 Å². The van der Waals surface area contributed by atoms with E-state index in [1.54, 1.807) is 12.1 Å². The average Bonchev–Trinajstić information content (AvgIpc) is 3.19. The molecule has 18 heavy (non-hydrogen) atoms. The van der Waals surface area contributed by atoms with E-state index in [2.05, 4.69) is 26.1 Å². The molecular formula is C14H18BrFN2. The second-order valence-corrected chi connectivity index (χ2v) is 6.06. The fourth-order valence-corrected chi connectivity index (χ4v) is 3.46. The van der Waals surface area contributed by atoms with Gasteiger partial charge in [0, 0.05) is 42.3 Å². The zero-order valence-electron chi connectivity index (χ0n) is 10.3. The Bertz CT molecular complexity index is 408. The van der Waals surface area contributed by atoms with Crippen LogP contribution in [0, 0.1) is 11.7 Å². The Kier molecular flexibility index (Phi) is 3.68. The third-order valence-electron chi connectivity index (χ3n) is 3.91. The summed E-state index contributed by atoms with van der Waals surface area (Å²) < 4.78 is 15.1. The normalized spacial score (nSPS) is 23.0. The fraction of sp³-hybridized carbons (Fsp3) is 0.571. The molecule has 2 fully saturated rings. The molecule has 1 aliphatic carbocycles. The molecular weight excluding hydrogens is 295 g/mol. The van der Waals surface area contributed by atoms with Crippen LogP contribution < -0.4 is 5.32 Å². The quantitative estimate of drug-likeness (QED) is 0.923. The zero-order chi connectivity index (χ0) is 12.5. The van der Waals surface area contributed by atoms with E-state index >= 15 is 0 Å². The van der Waals surface area contributed by atoms with Crippen molar-refractivity contribution in [2.45, 2.75) is 18.9 Å². The SMILES string of the molecule is Fc1cccc(Br)c1[C@H](C1CC1)N1CCNCC1. The lowest BCUT2D eigenvalue weighted by molar-refractivity contribution is 0.152. The summed E-state index contributed by atoms with van der Waals surface area (Å²) in [7, 11) is 0. The van der Waals surface area contributed by atoms with Gasteiger partial charge in [0.2, 0.25) is 0 Å². The number of halogens is 2. The first-order chi connectivity index (χ1) is 8.77. The first kappa shape index (κ1) is 12.6. The summed E-state index contributed by atoms with van der Waals surface area (Å²) >= 11 is 3.53. The van der Waals surface area contributed by atoms with Gasteiger partial charge in [0.05, 0.1) is 0 Å². The summed E-state index contributed by atoms with van der Waals surface area (Å²) in [4.78, 5) is 2.44. The van der Waals surface area contributed by atoms with Crippen LogP contribution in [0.15, 0.2) is 22.7 Å². The molecule has 0 amide bonds. The molecule has 1 heterocycles. The largest absolute Gasteiger partial charge is 0.314 e. The Morgan fingerprint density at radius 1 is 1.28 bits per heavy atom. The number of nitrogens with zero attached hydrogens (tertiary/aromatic N) is 1. The Morgan fingerprint density at radius 3 is 2.61 bits per heavy atom. The molecule has 1 N–H and O–H groups in total. The molecule has 2 aliphatic rings. The van der Waals surface area contributed by atoms with Crippen LogP contribution in [0.2, 0.25) is 0 Å². The van der Waals surface area contributed by atoms with Crippen molar-refractivity contribution < 1.29 is 4.39 Å². The molecule has 1 saturated heterocycles. The summed E-state index contributed by atoms with van der Waals surface area (Å²) in [6.45, 7) is 4.05. The molecule has 0 aromatic heterocycles. The van der Waals surface area contributed by atoms with E-state index in [9.17, 15) is 4.39 Å². The van der Waals surface area contributed by atoms with E-state index in [1.807, 2.05) is 6.07 Å². The number of hydrogen-bond acceptors (Lipinski definition) is 2. The molecule has 4 heteroatoms. The minimum Gasteiger partial charge on any atom is -0.314 e. The third kappa shape index (κ3) is 2.46. The smallest absolute Gasteiger partial charge is 0.129 e. The third-order valence-corrected chi connectivity index (χ3v) is 4.60. The van der Waals surface area contributed by atoms with Gasteiger partial charge in [0.1, 0.15) is 5.82 Å². The van der Waals surface area contributed by atoms with E-state index in [0.29, 0.717) is 5.92 Å². The van der Waals surface area contributed by atoms with Gasteiger partial charge in [-0.15, -0.1) is 0 Å². The van der Waals surface area contributed by atoms with Crippen molar-refractivity contribution in [1.82, 2.24) is 10.2 Å². The maximum absolute atomic E-state index is 14.2. The molecule has 3 rings (SSSR count). The number of rotatable bonds is 3. The molecule has 0 spiro atoms. The van der Waals surface area contributed by atoms with E-state index < -0.39 is 0 Å². The topological polar surface area (TPSA) is 15.3 Å². The van der Waals surface area contributed by atoms with Crippen LogP contribution in [-0.2, 0) is 0 Å². The number of benzene rings is 1. The zero-order valence-corrected chi connectivity index (χ0v) is 11.9. The molecule has 1 aromatic carbocycles. The molecule has 1 saturated carbocycles. The van der Waals surface area contributed by atoms with Crippen LogP contribution in [0.3, 0.4) is 0 Å². The van der Waals surface area contributed by atoms with Gasteiger partial charge in [0.15, 0.2) is 0 Å². The molecule has 1 aromatic rings. The minimum atomic E-state index is -0.0696. The Labute approximate surface area is 116 Å². The highest BCUT2D eigenvalue weighted by Gasteiger charge is 2.38. The van der Waals surface area contributed by atoms with Crippen molar-refractivity contribution in [3.8, 4) is 0 Å². The van der Waals surface area contributed by atoms with E-state index in [-0.39, 0.29) is 11.9 Å². The number of hydrogen-bond donors (Lipinski definition) is 1. The summed E-state index contributed by atoms with van der Waals surface area (Å²) in [5.74, 6) is 0.566. The van der Waals surface area contributed by atoms with E-state index in [1.165, 1.54) is 12.8 Å². The monoisotopic (exact) mass is 312 g/mol. The molecule has 98 valence electrons. The Hall–Kier alpha value is -0.450. The van der Waals surface area contributed by atoms with Gasteiger partial charge in [-0.2, -0.15) is 0 Å². The van der Waals surface area contributed by atoms with Crippen LogP contribution >= 0.6 is 15.9 Å². The molecule has 2 nitrogen and oxygen atoms in total. The summed E-state index contributed by atoms with van der Waals surface area (Å²) in [6, 6.07) is 5.56. The highest BCUT2D eigenvalue weighted by molar-refractivity contribution is 9.10. The molecule has 0 unspecified atom stereocenters. The van der Waals surface area contributed by atoms with Crippen molar-refractivity contribution in [3.05, 3.63) is 34.1 Å². The van der Waals surface area contributed by atoms with Crippen molar-refractivity contribution in [2.24, 2.45) is 5.92 Å². The lowest BCUT2D eigenvalue weighted by atomic mass is 9.99. The minimum absolute atomic E-state index is 0.0696. The predicted molar refractivity (Wildman–Crippen MR) is 74.0 cm³/mol. The standard InChI is InChI=1S/C14H18BrFN2/c15-11-2-1-3-12(16)13(11)14(10-4-5-10)18-8-6-17-7-9-18/h1-3,10,14,17H,4-9H2/t14-/m0/s1. The van der Waals surface area contributed by atoms with Crippen LogP contribution in [0.1, 0.15) is 24.4 Å².